The maximum absolute atomic E-state index is 12.6. The lowest BCUT2D eigenvalue weighted by Crippen LogP contribution is -2.30. The van der Waals surface area contributed by atoms with Crippen molar-refractivity contribution in [2.24, 2.45) is 0 Å². The predicted octanol–water partition coefficient (Wildman–Crippen LogP) is 3.21. The Morgan fingerprint density at radius 2 is 1.70 bits per heavy atom. The highest BCUT2D eigenvalue weighted by Gasteiger charge is 2.22. The predicted molar refractivity (Wildman–Crippen MR) is 90.8 cm³/mol. The topological polar surface area (TPSA) is 74.7 Å². The summed E-state index contributed by atoms with van der Waals surface area (Å²) < 4.78 is 26.2. The first-order chi connectivity index (χ1) is 11.0. The quantitative estimate of drug-likeness (QED) is 0.882. The van der Waals surface area contributed by atoms with Crippen molar-refractivity contribution in [3.8, 4) is 0 Å². The third-order valence-electron chi connectivity index (χ3n) is 3.23. The molecule has 0 aliphatic carbocycles. The molecule has 0 bridgehead atoms. The maximum Gasteiger partial charge on any atom is 0.337 e. The van der Waals surface area contributed by atoms with Crippen LogP contribution in [0, 0.1) is 0 Å². The van der Waals surface area contributed by atoms with Gasteiger partial charge in [-0.25, -0.2) is 13.2 Å². The van der Waals surface area contributed by atoms with Crippen LogP contribution in [0.25, 0.3) is 6.08 Å². The number of rotatable bonds is 6. The SMILES string of the molecule is CCN(c1ccccc1C(=O)O)S(=O)(=O)/C=C/c1ccccc1. The Kier molecular flexibility index (Phi) is 5.18. The van der Waals surface area contributed by atoms with E-state index in [9.17, 15) is 18.3 Å². The van der Waals surface area contributed by atoms with E-state index in [1.807, 2.05) is 18.2 Å². The molecule has 5 nitrogen and oxygen atoms in total. The van der Waals surface area contributed by atoms with E-state index in [4.69, 9.17) is 0 Å². The molecule has 0 unspecified atom stereocenters. The van der Waals surface area contributed by atoms with Gasteiger partial charge in [-0.15, -0.1) is 0 Å². The fourth-order valence-electron chi connectivity index (χ4n) is 2.16. The van der Waals surface area contributed by atoms with Crippen molar-refractivity contribution in [2.45, 2.75) is 6.92 Å². The van der Waals surface area contributed by atoms with Gasteiger partial charge in [0.1, 0.15) is 0 Å². The molecular weight excluding hydrogens is 314 g/mol. The Balaban J connectivity index is 2.41. The van der Waals surface area contributed by atoms with Gasteiger partial charge in [-0.2, -0.15) is 0 Å². The van der Waals surface area contributed by atoms with Crippen LogP contribution >= 0.6 is 0 Å². The number of hydrogen-bond donors (Lipinski definition) is 1. The first-order valence-corrected chi connectivity index (χ1v) is 8.54. The molecule has 2 rings (SSSR count). The van der Waals surface area contributed by atoms with Crippen LogP contribution in [-0.2, 0) is 10.0 Å². The summed E-state index contributed by atoms with van der Waals surface area (Å²) in [7, 11) is -3.79. The van der Waals surface area contributed by atoms with E-state index in [0.717, 1.165) is 15.3 Å². The average molecular weight is 331 g/mol. The van der Waals surface area contributed by atoms with E-state index in [2.05, 4.69) is 0 Å². The molecule has 2 aromatic carbocycles. The number of anilines is 1. The van der Waals surface area contributed by atoms with Gasteiger partial charge in [-0.3, -0.25) is 4.31 Å². The van der Waals surface area contributed by atoms with Crippen molar-refractivity contribution in [3.05, 3.63) is 71.1 Å². The number of carboxylic acids is 1. The Labute approximate surface area is 135 Å². The summed E-state index contributed by atoms with van der Waals surface area (Å²) in [4.78, 5) is 11.3. The van der Waals surface area contributed by atoms with Gasteiger partial charge in [0, 0.05) is 6.54 Å². The molecule has 1 N–H and O–H groups in total. The summed E-state index contributed by atoms with van der Waals surface area (Å²) in [6.07, 6.45) is 1.49. The van der Waals surface area contributed by atoms with Crippen LogP contribution in [0.2, 0.25) is 0 Å². The molecule has 0 aliphatic heterocycles. The Morgan fingerprint density at radius 1 is 1.09 bits per heavy atom. The second-order valence-corrected chi connectivity index (χ2v) is 6.49. The molecule has 0 heterocycles. The van der Waals surface area contributed by atoms with E-state index in [1.165, 1.54) is 18.2 Å². The fraction of sp³-hybridized carbons (Fsp3) is 0.118. The second-order valence-electron chi connectivity index (χ2n) is 4.75. The summed E-state index contributed by atoms with van der Waals surface area (Å²) in [5.74, 6) is -1.17. The lowest BCUT2D eigenvalue weighted by atomic mass is 10.2. The average Bonchev–Trinajstić information content (AvgIpc) is 2.55. The van der Waals surface area contributed by atoms with Crippen molar-refractivity contribution in [1.82, 2.24) is 0 Å². The van der Waals surface area contributed by atoms with Gasteiger partial charge in [0.2, 0.25) is 0 Å². The first-order valence-electron chi connectivity index (χ1n) is 7.04. The molecule has 0 saturated carbocycles. The normalized spacial score (nSPS) is 11.5. The van der Waals surface area contributed by atoms with Crippen LogP contribution in [0.4, 0.5) is 5.69 Å². The van der Waals surface area contributed by atoms with E-state index < -0.39 is 16.0 Å². The number of carbonyl (C=O) groups is 1. The zero-order valence-corrected chi connectivity index (χ0v) is 13.4. The van der Waals surface area contributed by atoms with Crippen LogP contribution in [-0.4, -0.2) is 26.0 Å². The van der Waals surface area contributed by atoms with Gasteiger partial charge >= 0.3 is 5.97 Å². The van der Waals surface area contributed by atoms with E-state index in [1.54, 1.807) is 31.2 Å². The monoisotopic (exact) mass is 331 g/mol. The minimum Gasteiger partial charge on any atom is -0.478 e. The van der Waals surface area contributed by atoms with E-state index in [0.29, 0.717) is 0 Å². The highest BCUT2D eigenvalue weighted by Crippen LogP contribution is 2.24. The first kappa shape index (κ1) is 16.8. The highest BCUT2D eigenvalue weighted by atomic mass is 32.2. The van der Waals surface area contributed by atoms with Crippen LogP contribution in [0.15, 0.2) is 60.0 Å². The lowest BCUT2D eigenvalue weighted by Gasteiger charge is -2.22. The molecule has 0 aromatic heterocycles. The van der Waals surface area contributed by atoms with Crippen LogP contribution in [0.3, 0.4) is 0 Å². The smallest absolute Gasteiger partial charge is 0.337 e. The summed E-state index contributed by atoms with van der Waals surface area (Å²) >= 11 is 0. The minimum atomic E-state index is -3.79. The molecule has 0 spiro atoms. The van der Waals surface area contributed by atoms with E-state index in [-0.39, 0.29) is 17.8 Å². The van der Waals surface area contributed by atoms with Crippen molar-refractivity contribution in [3.63, 3.8) is 0 Å². The summed E-state index contributed by atoms with van der Waals surface area (Å²) in [6, 6.07) is 15.1. The standard InChI is InChI=1S/C17H17NO4S/c1-2-18(16-11-7-6-10-15(16)17(19)20)23(21,22)13-12-14-8-4-3-5-9-14/h3-13H,2H2,1H3,(H,19,20)/b13-12+. The van der Waals surface area contributed by atoms with E-state index >= 15 is 0 Å². The van der Waals surface area contributed by atoms with Crippen molar-refractivity contribution < 1.29 is 18.3 Å². The third kappa shape index (κ3) is 3.98. The molecule has 0 atom stereocenters. The molecule has 0 radical (unpaired) electrons. The van der Waals surface area contributed by atoms with Crippen molar-refractivity contribution >= 4 is 27.8 Å². The van der Waals surface area contributed by atoms with Gasteiger partial charge in [0.25, 0.3) is 10.0 Å². The third-order valence-corrected chi connectivity index (χ3v) is 4.78. The second kappa shape index (κ2) is 7.11. The summed E-state index contributed by atoms with van der Waals surface area (Å²) in [5, 5.41) is 10.3. The number of carboxylic acid groups (broad SMARTS) is 1. The van der Waals surface area contributed by atoms with Gasteiger partial charge in [-0.1, -0.05) is 42.5 Å². The molecule has 0 aliphatic rings. The zero-order valence-electron chi connectivity index (χ0n) is 12.6. The van der Waals surface area contributed by atoms with Gasteiger partial charge < -0.3 is 5.11 Å². The van der Waals surface area contributed by atoms with Crippen LogP contribution in [0.5, 0.6) is 0 Å². The number of nitrogens with zero attached hydrogens (tertiary/aromatic N) is 1. The molecule has 0 amide bonds. The van der Waals surface area contributed by atoms with Crippen molar-refractivity contribution in [2.75, 3.05) is 10.8 Å². The number of benzene rings is 2. The van der Waals surface area contributed by atoms with Gasteiger partial charge in [0.05, 0.1) is 16.7 Å². The molecule has 2 aromatic rings. The number of hydrogen-bond acceptors (Lipinski definition) is 3. The highest BCUT2D eigenvalue weighted by molar-refractivity contribution is 7.95. The fourth-order valence-corrected chi connectivity index (χ4v) is 3.43. The largest absolute Gasteiger partial charge is 0.478 e. The summed E-state index contributed by atoms with van der Waals surface area (Å²) in [5.41, 5.74) is 0.852. The zero-order chi connectivity index (χ0) is 16.9. The van der Waals surface area contributed by atoms with Crippen LogP contribution in [0.1, 0.15) is 22.8 Å². The molecule has 6 heteroatoms. The molecule has 0 fully saturated rings. The number of aromatic carboxylic acids is 1. The lowest BCUT2D eigenvalue weighted by molar-refractivity contribution is 0.0698. The van der Waals surface area contributed by atoms with Gasteiger partial charge in [-0.05, 0) is 30.7 Å². The number of para-hydroxylation sites is 1. The minimum absolute atomic E-state index is 0.0500. The van der Waals surface area contributed by atoms with Crippen LogP contribution < -0.4 is 4.31 Å². The molecule has 0 saturated heterocycles. The molecule has 120 valence electrons. The number of sulfonamides is 1. The Bertz CT molecular complexity index is 813. The molecular formula is C17H17NO4S. The Morgan fingerprint density at radius 3 is 2.30 bits per heavy atom. The molecule has 23 heavy (non-hydrogen) atoms. The summed E-state index contributed by atoms with van der Waals surface area (Å²) in [6.45, 7) is 1.79. The van der Waals surface area contributed by atoms with Gasteiger partial charge in [0.15, 0.2) is 0 Å². The maximum atomic E-state index is 12.6. The van der Waals surface area contributed by atoms with Crippen molar-refractivity contribution in [1.29, 1.82) is 0 Å². The Hall–Kier alpha value is -2.60.